The van der Waals surface area contributed by atoms with E-state index in [0.29, 0.717) is 51.9 Å². The van der Waals surface area contributed by atoms with E-state index in [4.69, 9.17) is 9.47 Å². The molecule has 7 aromatic carbocycles. The molecule has 0 aromatic heterocycles. The Morgan fingerprint density at radius 3 is 1.07 bits per heavy atom. The molecule has 0 aliphatic carbocycles. The zero-order valence-corrected chi connectivity index (χ0v) is 41.2. The van der Waals surface area contributed by atoms with Crippen molar-refractivity contribution in [2.24, 2.45) is 0 Å². The Morgan fingerprint density at radius 1 is 0.441 bits per heavy atom. The van der Waals surface area contributed by atoms with E-state index in [1.54, 1.807) is 11.9 Å². The molecule has 10 nitrogen and oxygen atoms in total. The summed E-state index contributed by atoms with van der Waals surface area (Å²) in [4.78, 5) is 58.1. The largest absolute Gasteiger partial charge is 0.459 e. The van der Waals surface area contributed by atoms with Gasteiger partial charge in [0.2, 0.25) is 11.8 Å². The molecule has 68 heavy (non-hydrogen) atoms. The van der Waals surface area contributed by atoms with Gasteiger partial charge in [-0.1, -0.05) is 121 Å². The summed E-state index contributed by atoms with van der Waals surface area (Å²) in [5.41, 5.74) is 5.28. The Labute approximate surface area is 401 Å². The Hall–Kier alpha value is -6.78. The summed E-state index contributed by atoms with van der Waals surface area (Å²) < 4.78 is 11.2. The number of nitrogens with zero attached hydrogens (tertiary/aromatic N) is 3. The number of esters is 1. The fourth-order valence-corrected chi connectivity index (χ4v) is 9.04. The molecule has 10 heteroatoms. The smallest absolute Gasteiger partial charge is 0.410 e. The third kappa shape index (κ3) is 12.0. The SMILES string of the molecule is CN(Cc1c2ccccc2c(CNCC(=O)OC(C)(C)C)c2ccccc12)C(=O)CCc1ccc(CCC(=O)N(C)Cc2c3ccccc3c(CN(C)C(=O)OC(C)(C)C)c3ccccc23)cc1. The lowest BCUT2D eigenvalue weighted by Crippen LogP contribution is -2.34. The van der Waals surface area contributed by atoms with Crippen LogP contribution in [0.15, 0.2) is 121 Å². The summed E-state index contributed by atoms with van der Waals surface area (Å²) in [5, 5.41) is 11.8. The van der Waals surface area contributed by atoms with Gasteiger partial charge in [0, 0.05) is 60.2 Å². The number of benzene rings is 7. The highest BCUT2D eigenvalue weighted by Gasteiger charge is 2.24. The van der Waals surface area contributed by atoms with Crippen molar-refractivity contribution in [1.82, 2.24) is 20.0 Å². The second-order valence-corrected chi connectivity index (χ2v) is 19.9. The van der Waals surface area contributed by atoms with Gasteiger partial charge in [0.25, 0.3) is 0 Å². The van der Waals surface area contributed by atoms with Gasteiger partial charge < -0.3 is 29.5 Å². The lowest BCUT2D eigenvalue weighted by Gasteiger charge is -2.26. The molecular weight excluding hydrogens is 849 g/mol. The first-order chi connectivity index (χ1) is 32.4. The summed E-state index contributed by atoms with van der Waals surface area (Å²) >= 11 is 0. The molecule has 0 unspecified atom stereocenters. The fourth-order valence-electron chi connectivity index (χ4n) is 9.04. The molecule has 0 aliphatic heterocycles. The van der Waals surface area contributed by atoms with Crippen molar-refractivity contribution in [1.29, 1.82) is 0 Å². The molecule has 0 bridgehead atoms. The van der Waals surface area contributed by atoms with Gasteiger partial charge in [-0.2, -0.15) is 0 Å². The van der Waals surface area contributed by atoms with Crippen molar-refractivity contribution in [3.05, 3.63) is 155 Å². The summed E-state index contributed by atoms with van der Waals surface area (Å²) in [6, 6.07) is 41.2. The molecule has 0 spiro atoms. The maximum Gasteiger partial charge on any atom is 0.410 e. The normalized spacial score (nSPS) is 11.8. The molecule has 3 amide bonds. The van der Waals surface area contributed by atoms with Crippen LogP contribution in [-0.4, -0.2) is 77.5 Å². The molecule has 0 aliphatic rings. The average molecular weight is 915 g/mol. The highest BCUT2D eigenvalue weighted by Crippen LogP contribution is 2.36. The van der Waals surface area contributed by atoms with Crippen LogP contribution in [0.2, 0.25) is 0 Å². The molecule has 0 heterocycles. The topological polar surface area (TPSA) is 108 Å². The first kappa shape index (κ1) is 49.1. The molecular formula is C58H66N4O6. The third-order valence-corrected chi connectivity index (χ3v) is 12.3. The van der Waals surface area contributed by atoms with Crippen LogP contribution in [-0.2, 0) is 62.9 Å². The number of aryl methyl sites for hydroxylation is 2. The van der Waals surface area contributed by atoms with Crippen LogP contribution in [0.1, 0.15) is 87.8 Å². The Morgan fingerprint density at radius 2 is 0.750 bits per heavy atom. The molecule has 7 aromatic rings. The van der Waals surface area contributed by atoms with Crippen LogP contribution < -0.4 is 5.32 Å². The van der Waals surface area contributed by atoms with Crippen molar-refractivity contribution in [2.75, 3.05) is 27.7 Å². The number of hydrogen-bond donors (Lipinski definition) is 1. The highest BCUT2D eigenvalue weighted by atomic mass is 16.6. The van der Waals surface area contributed by atoms with Crippen molar-refractivity contribution >= 4 is 67.0 Å². The maximum atomic E-state index is 13.7. The number of carbonyl (C=O) groups excluding carboxylic acids is 4. The standard InChI is InChI=1S/C58H66N4O6/c1-57(2,3)67-55(65)35-59-34-49-41-18-10-12-20-43(41)50(44-21-13-11-19-42(44)49)36-60(7)53(63)32-30-39-26-28-40(29-27-39)31-33-54(64)61(8)37-51-45-22-14-16-24-47(45)52(48-25-17-15-23-46(48)51)38-62(9)56(66)68-58(4,5)6/h10-29,59H,30-38H2,1-9H3. The second kappa shape index (κ2) is 21.0. The summed E-state index contributed by atoms with van der Waals surface area (Å²) in [6.07, 6.45) is 1.55. The van der Waals surface area contributed by atoms with E-state index in [0.717, 1.165) is 76.5 Å². The van der Waals surface area contributed by atoms with Gasteiger partial charge in [-0.3, -0.25) is 14.4 Å². The summed E-state index contributed by atoms with van der Waals surface area (Å²) in [6.45, 7) is 13.1. The van der Waals surface area contributed by atoms with Gasteiger partial charge in [-0.05, 0) is 131 Å². The number of nitrogens with one attached hydrogen (secondary N) is 1. The number of amides is 3. The average Bonchev–Trinajstić information content (AvgIpc) is 3.30. The van der Waals surface area contributed by atoms with E-state index in [9.17, 15) is 19.2 Å². The first-order valence-electron chi connectivity index (χ1n) is 23.6. The zero-order valence-electron chi connectivity index (χ0n) is 41.2. The van der Waals surface area contributed by atoms with Gasteiger partial charge in [-0.25, -0.2) is 4.79 Å². The minimum Gasteiger partial charge on any atom is -0.459 e. The van der Waals surface area contributed by atoms with E-state index in [1.807, 2.05) is 114 Å². The van der Waals surface area contributed by atoms with Crippen LogP contribution >= 0.6 is 0 Å². The third-order valence-electron chi connectivity index (χ3n) is 12.3. The van der Waals surface area contributed by atoms with Gasteiger partial charge in [-0.15, -0.1) is 0 Å². The number of hydrogen-bond acceptors (Lipinski definition) is 7. The molecule has 1 N–H and O–H groups in total. The highest BCUT2D eigenvalue weighted by molar-refractivity contribution is 6.07. The van der Waals surface area contributed by atoms with Gasteiger partial charge in [0.05, 0.1) is 6.54 Å². The van der Waals surface area contributed by atoms with Crippen LogP contribution in [0.4, 0.5) is 4.79 Å². The quantitative estimate of drug-likeness (QED) is 0.0760. The molecule has 0 atom stereocenters. The lowest BCUT2D eigenvalue weighted by molar-refractivity contribution is -0.153. The van der Waals surface area contributed by atoms with E-state index in [-0.39, 0.29) is 30.4 Å². The van der Waals surface area contributed by atoms with Crippen LogP contribution in [0.3, 0.4) is 0 Å². The number of ether oxygens (including phenoxy) is 2. The molecule has 354 valence electrons. The van der Waals surface area contributed by atoms with E-state index in [1.165, 1.54) is 0 Å². The molecule has 0 saturated carbocycles. The second-order valence-electron chi connectivity index (χ2n) is 19.9. The van der Waals surface area contributed by atoms with Crippen molar-refractivity contribution in [3.63, 3.8) is 0 Å². The maximum absolute atomic E-state index is 13.7. The van der Waals surface area contributed by atoms with E-state index in [2.05, 4.69) is 78.1 Å². The van der Waals surface area contributed by atoms with Crippen LogP contribution in [0.5, 0.6) is 0 Å². The van der Waals surface area contributed by atoms with E-state index >= 15 is 0 Å². The number of rotatable bonds is 16. The van der Waals surface area contributed by atoms with Crippen molar-refractivity contribution < 1.29 is 28.7 Å². The minimum atomic E-state index is -0.599. The summed E-state index contributed by atoms with van der Waals surface area (Å²) in [7, 11) is 5.49. The predicted octanol–water partition coefficient (Wildman–Crippen LogP) is 11.3. The van der Waals surface area contributed by atoms with Crippen molar-refractivity contribution in [2.45, 2.75) is 105 Å². The van der Waals surface area contributed by atoms with Crippen molar-refractivity contribution in [3.8, 4) is 0 Å². The van der Waals surface area contributed by atoms with E-state index < -0.39 is 11.2 Å². The van der Waals surface area contributed by atoms with Gasteiger partial charge in [0.1, 0.15) is 11.2 Å². The fraction of sp³-hybridized carbons (Fsp3) is 0.345. The minimum absolute atomic E-state index is 0.0506. The molecule has 0 radical (unpaired) electrons. The first-order valence-corrected chi connectivity index (χ1v) is 23.6. The zero-order chi connectivity index (χ0) is 48.8. The Balaban J connectivity index is 0.960. The molecule has 0 saturated heterocycles. The monoisotopic (exact) mass is 914 g/mol. The van der Waals surface area contributed by atoms with Crippen LogP contribution in [0, 0.1) is 0 Å². The predicted molar refractivity (Wildman–Crippen MR) is 274 cm³/mol. The lowest BCUT2D eigenvalue weighted by atomic mass is 9.91. The molecule has 0 fully saturated rings. The van der Waals surface area contributed by atoms with Crippen LogP contribution in [0.25, 0.3) is 43.1 Å². The Bertz CT molecular complexity index is 2850. The van der Waals surface area contributed by atoms with Gasteiger partial charge >= 0.3 is 12.1 Å². The molecule has 7 rings (SSSR count). The number of fused-ring (bicyclic) bond motifs is 4. The number of carbonyl (C=O) groups is 4. The van der Waals surface area contributed by atoms with Gasteiger partial charge in [0.15, 0.2) is 0 Å². The Kier molecular flexibility index (Phi) is 15.2. The summed E-state index contributed by atoms with van der Waals surface area (Å²) in [5.74, 6) is -0.186.